The zero-order chi connectivity index (χ0) is 15.0. The number of pyridine rings is 1. The highest BCUT2D eigenvalue weighted by molar-refractivity contribution is 6.31. The van der Waals surface area contributed by atoms with Gasteiger partial charge in [0.15, 0.2) is 5.69 Å². The molecule has 2 heterocycles. The lowest BCUT2D eigenvalue weighted by molar-refractivity contribution is -0.385. The molecule has 0 bridgehead atoms. The van der Waals surface area contributed by atoms with Crippen LogP contribution in [0.1, 0.15) is 21.9 Å². The molecule has 0 unspecified atom stereocenters. The molecular weight excluding hydrogens is 288 g/mol. The van der Waals surface area contributed by atoms with Gasteiger partial charge in [0.2, 0.25) is 5.82 Å². The van der Waals surface area contributed by atoms with Gasteiger partial charge < -0.3 is 5.11 Å². The minimum Gasteiger partial charge on any atom is -0.477 e. The molecule has 0 aliphatic rings. The zero-order valence-electron chi connectivity index (χ0n) is 10.5. The van der Waals surface area contributed by atoms with Crippen molar-refractivity contribution in [3.63, 3.8) is 0 Å². The number of nitro groups is 1. The third-order valence-corrected chi connectivity index (χ3v) is 3.22. The molecule has 0 atom stereocenters. The molecule has 2 aromatic rings. The van der Waals surface area contributed by atoms with Crippen LogP contribution in [0.5, 0.6) is 0 Å². The molecule has 0 fully saturated rings. The monoisotopic (exact) mass is 296 g/mol. The Morgan fingerprint density at radius 1 is 1.45 bits per heavy atom. The minimum absolute atomic E-state index is 0.178. The third kappa shape index (κ3) is 2.21. The first kappa shape index (κ1) is 13.9. The van der Waals surface area contributed by atoms with Gasteiger partial charge in [0.05, 0.1) is 21.3 Å². The number of carboxylic acids is 1. The number of hydrogen-bond acceptors (Lipinski definition) is 5. The summed E-state index contributed by atoms with van der Waals surface area (Å²) in [5.41, 5.74) is 0.259. The molecule has 1 N–H and O–H groups in total. The van der Waals surface area contributed by atoms with Gasteiger partial charge in [0.1, 0.15) is 0 Å². The van der Waals surface area contributed by atoms with E-state index in [9.17, 15) is 14.9 Å². The maximum atomic E-state index is 11.0. The molecule has 0 saturated carbocycles. The second-order valence-corrected chi connectivity index (χ2v) is 4.38. The van der Waals surface area contributed by atoms with Gasteiger partial charge in [-0.25, -0.2) is 14.5 Å². The van der Waals surface area contributed by atoms with Crippen molar-refractivity contribution in [2.45, 2.75) is 13.8 Å². The van der Waals surface area contributed by atoms with Crippen LogP contribution in [0.3, 0.4) is 0 Å². The van der Waals surface area contributed by atoms with E-state index < -0.39 is 10.9 Å². The predicted octanol–water partition coefficient (Wildman–Crippen LogP) is 2.14. The second-order valence-electron chi connectivity index (χ2n) is 4.00. The maximum absolute atomic E-state index is 11.0. The first-order valence-corrected chi connectivity index (χ1v) is 5.81. The lowest BCUT2D eigenvalue weighted by atomic mass is 10.3. The Labute approximate surface area is 117 Å². The van der Waals surface area contributed by atoms with Crippen LogP contribution in [0.4, 0.5) is 5.69 Å². The Morgan fingerprint density at radius 2 is 2.10 bits per heavy atom. The standard InChI is InChI=1S/C11H9ClN4O4/c1-5-9(12)6(2)15(14-5)10-8(16(19)20)4-3-7(13-10)11(17)18/h3-4H,1-2H3,(H,17,18). The third-order valence-electron chi connectivity index (χ3n) is 2.67. The van der Waals surface area contributed by atoms with E-state index in [1.165, 1.54) is 4.68 Å². The van der Waals surface area contributed by atoms with Crippen molar-refractivity contribution in [2.24, 2.45) is 0 Å². The lowest BCUT2D eigenvalue weighted by Gasteiger charge is -2.05. The predicted molar refractivity (Wildman–Crippen MR) is 69.5 cm³/mol. The van der Waals surface area contributed by atoms with Crippen LogP contribution in [-0.4, -0.2) is 30.8 Å². The first-order valence-electron chi connectivity index (χ1n) is 5.43. The van der Waals surface area contributed by atoms with Gasteiger partial charge in [-0.1, -0.05) is 11.6 Å². The fourth-order valence-corrected chi connectivity index (χ4v) is 1.81. The van der Waals surface area contributed by atoms with E-state index in [1.54, 1.807) is 13.8 Å². The van der Waals surface area contributed by atoms with Crippen molar-refractivity contribution in [2.75, 3.05) is 0 Å². The van der Waals surface area contributed by atoms with Crippen LogP contribution in [0.15, 0.2) is 12.1 Å². The molecule has 20 heavy (non-hydrogen) atoms. The molecule has 0 aromatic carbocycles. The van der Waals surface area contributed by atoms with Crippen molar-refractivity contribution < 1.29 is 14.8 Å². The zero-order valence-corrected chi connectivity index (χ0v) is 11.2. The van der Waals surface area contributed by atoms with Gasteiger partial charge in [-0.05, 0) is 19.9 Å². The summed E-state index contributed by atoms with van der Waals surface area (Å²) in [5, 5.41) is 24.3. The van der Waals surface area contributed by atoms with E-state index in [0.717, 1.165) is 12.1 Å². The van der Waals surface area contributed by atoms with Crippen LogP contribution in [-0.2, 0) is 0 Å². The lowest BCUT2D eigenvalue weighted by Crippen LogP contribution is -2.10. The Hall–Kier alpha value is -2.48. The van der Waals surface area contributed by atoms with Crippen LogP contribution in [0.25, 0.3) is 5.82 Å². The Bertz CT molecular complexity index is 725. The van der Waals surface area contributed by atoms with E-state index >= 15 is 0 Å². The summed E-state index contributed by atoms with van der Waals surface area (Å²) in [6.45, 7) is 3.25. The Kier molecular flexibility index (Phi) is 3.41. The average molecular weight is 297 g/mol. The highest BCUT2D eigenvalue weighted by Gasteiger charge is 2.23. The number of halogens is 1. The Balaban J connectivity index is 2.75. The molecule has 0 amide bonds. The van der Waals surface area contributed by atoms with E-state index in [4.69, 9.17) is 16.7 Å². The van der Waals surface area contributed by atoms with Crippen molar-refractivity contribution in [3.05, 3.63) is 44.4 Å². The number of aryl methyl sites for hydroxylation is 1. The molecule has 0 aliphatic heterocycles. The number of aromatic carboxylic acids is 1. The number of aromatic nitrogens is 3. The van der Waals surface area contributed by atoms with Crippen LogP contribution >= 0.6 is 11.6 Å². The van der Waals surface area contributed by atoms with Crippen molar-refractivity contribution >= 4 is 23.3 Å². The molecule has 2 aromatic heterocycles. The Morgan fingerprint density at radius 3 is 2.55 bits per heavy atom. The number of hydrogen-bond donors (Lipinski definition) is 1. The van der Waals surface area contributed by atoms with E-state index in [1.807, 2.05) is 0 Å². The first-order chi connectivity index (χ1) is 9.32. The molecule has 0 aliphatic carbocycles. The van der Waals surface area contributed by atoms with Crippen molar-refractivity contribution in [1.29, 1.82) is 0 Å². The average Bonchev–Trinajstić information content (AvgIpc) is 2.65. The number of carbonyl (C=O) groups is 1. The molecule has 0 saturated heterocycles. The molecular formula is C11H9ClN4O4. The topological polar surface area (TPSA) is 111 Å². The van der Waals surface area contributed by atoms with Gasteiger partial charge in [-0.15, -0.1) is 0 Å². The van der Waals surface area contributed by atoms with Gasteiger partial charge in [-0.2, -0.15) is 5.10 Å². The quantitative estimate of drug-likeness (QED) is 0.686. The van der Waals surface area contributed by atoms with Gasteiger partial charge in [-0.3, -0.25) is 10.1 Å². The SMILES string of the molecule is Cc1nn(-c2nc(C(=O)O)ccc2[N+](=O)[O-])c(C)c1Cl. The smallest absolute Gasteiger partial charge is 0.354 e. The summed E-state index contributed by atoms with van der Waals surface area (Å²) >= 11 is 5.99. The summed E-state index contributed by atoms with van der Waals surface area (Å²) in [5.74, 6) is -1.46. The van der Waals surface area contributed by atoms with Crippen LogP contribution < -0.4 is 0 Å². The molecule has 2 rings (SSSR count). The van der Waals surface area contributed by atoms with Gasteiger partial charge in [0, 0.05) is 6.07 Å². The summed E-state index contributed by atoms with van der Waals surface area (Å²) < 4.78 is 1.17. The van der Waals surface area contributed by atoms with Crippen LogP contribution in [0, 0.1) is 24.0 Å². The highest BCUT2D eigenvalue weighted by Crippen LogP contribution is 2.26. The fourth-order valence-electron chi connectivity index (χ4n) is 1.69. The summed E-state index contributed by atoms with van der Waals surface area (Å²) in [7, 11) is 0. The van der Waals surface area contributed by atoms with Gasteiger partial charge >= 0.3 is 11.7 Å². The molecule has 104 valence electrons. The summed E-state index contributed by atoms with van der Waals surface area (Å²) in [6.07, 6.45) is 0. The van der Waals surface area contributed by atoms with E-state index in [-0.39, 0.29) is 17.2 Å². The number of carboxylic acid groups (broad SMARTS) is 1. The number of rotatable bonds is 3. The normalized spacial score (nSPS) is 10.6. The fraction of sp³-hybridized carbons (Fsp3) is 0.182. The number of nitrogens with zero attached hydrogens (tertiary/aromatic N) is 4. The van der Waals surface area contributed by atoms with E-state index in [0.29, 0.717) is 16.4 Å². The second kappa shape index (κ2) is 4.89. The molecule has 0 radical (unpaired) electrons. The summed E-state index contributed by atoms with van der Waals surface area (Å²) in [4.78, 5) is 25.1. The molecule has 0 spiro atoms. The molecule has 9 heteroatoms. The van der Waals surface area contributed by atoms with Crippen molar-refractivity contribution in [1.82, 2.24) is 14.8 Å². The highest BCUT2D eigenvalue weighted by atomic mass is 35.5. The van der Waals surface area contributed by atoms with Crippen LogP contribution in [0.2, 0.25) is 5.02 Å². The largest absolute Gasteiger partial charge is 0.477 e. The maximum Gasteiger partial charge on any atom is 0.354 e. The molecule has 8 nitrogen and oxygen atoms in total. The summed E-state index contributed by atoms with van der Waals surface area (Å²) in [6, 6.07) is 2.15. The van der Waals surface area contributed by atoms with Crippen molar-refractivity contribution in [3.8, 4) is 5.82 Å². The van der Waals surface area contributed by atoms with Gasteiger partial charge in [0.25, 0.3) is 0 Å². The van der Waals surface area contributed by atoms with E-state index in [2.05, 4.69) is 10.1 Å². The minimum atomic E-state index is -1.28.